The maximum Gasteiger partial charge on any atom is 0.289 e. The molecule has 1 aliphatic heterocycles. The number of nitrogens with zero attached hydrogens (tertiary/aromatic N) is 2. The van der Waals surface area contributed by atoms with Crippen LogP contribution in [-0.4, -0.2) is 41.9 Å². The molecule has 156 valence electrons. The van der Waals surface area contributed by atoms with Crippen LogP contribution >= 0.6 is 15.9 Å². The van der Waals surface area contributed by atoms with Gasteiger partial charge in [0.05, 0.1) is 4.47 Å². The lowest BCUT2D eigenvalue weighted by atomic mass is 10.2. The number of amides is 1. The Labute approximate surface area is 183 Å². The van der Waals surface area contributed by atoms with E-state index in [-0.39, 0.29) is 18.3 Å². The monoisotopic (exact) mass is 472 g/mol. The van der Waals surface area contributed by atoms with Crippen LogP contribution in [0.25, 0.3) is 0 Å². The van der Waals surface area contributed by atoms with E-state index in [1.165, 1.54) is 12.1 Å². The van der Waals surface area contributed by atoms with Crippen LogP contribution in [0.4, 0.5) is 4.39 Å². The molecule has 0 atom stereocenters. The molecule has 0 N–H and O–H groups in total. The van der Waals surface area contributed by atoms with E-state index >= 15 is 0 Å². The molecule has 3 aromatic rings. The lowest BCUT2D eigenvalue weighted by Gasteiger charge is -2.34. The van der Waals surface area contributed by atoms with Crippen molar-refractivity contribution in [3.8, 4) is 5.75 Å². The molecule has 5 nitrogen and oxygen atoms in total. The van der Waals surface area contributed by atoms with Gasteiger partial charge in [-0.1, -0.05) is 24.3 Å². The molecule has 1 fully saturated rings. The Morgan fingerprint density at radius 1 is 1.00 bits per heavy atom. The Morgan fingerprint density at radius 2 is 1.73 bits per heavy atom. The van der Waals surface area contributed by atoms with Gasteiger partial charge in [-0.25, -0.2) is 4.39 Å². The van der Waals surface area contributed by atoms with E-state index in [0.29, 0.717) is 24.6 Å². The van der Waals surface area contributed by atoms with Crippen molar-refractivity contribution in [1.82, 2.24) is 9.80 Å². The molecular formula is C23H22BrFN2O3. The lowest BCUT2D eigenvalue weighted by Crippen LogP contribution is -2.48. The summed E-state index contributed by atoms with van der Waals surface area (Å²) in [4.78, 5) is 16.8. The number of rotatable bonds is 6. The van der Waals surface area contributed by atoms with Crippen LogP contribution in [-0.2, 0) is 13.2 Å². The lowest BCUT2D eigenvalue weighted by molar-refractivity contribution is 0.0594. The maximum atomic E-state index is 13.0. The molecule has 2 aromatic carbocycles. The molecule has 2 heterocycles. The summed E-state index contributed by atoms with van der Waals surface area (Å²) < 4.78 is 25.4. The van der Waals surface area contributed by atoms with Crippen LogP contribution < -0.4 is 4.74 Å². The zero-order valence-corrected chi connectivity index (χ0v) is 18.0. The number of para-hydroxylation sites is 1. The van der Waals surface area contributed by atoms with Crippen LogP contribution in [0.5, 0.6) is 5.75 Å². The van der Waals surface area contributed by atoms with Crippen molar-refractivity contribution in [2.75, 3.05) is 26.2 Å². The largest absolute Gasteiger partial charge is 0.484 e. The average molecular weight is 473 g/mol. The number of hydrogen-bond acceptors (Lipinski definition) is 4. The van der Waals surface area contributed by atoms with Gasteiger partial charge in [0.1, 0.15) is 23.9 Å². The number of furan rings is 1. The van der Waals surface area contributed by atoms with E-state index in [2.05, 4.69) is 20.8 Å². The summed E-state index contributed by atoms with van der Waals surface area (Å²) in [5.41, 5.74) is 1.07. The second kappa shape index (κ2) is 9.45. The number of halogens is 2. The van der Waals surface area contributed by atoms with E-state index in [1.54, 1.807) is 29.2 Å². The Kier molecular flexibility index (Phi) is 6.50. The predicted octanol–water partition coefficient (Wildman–Crippen LogP) is 4.72. The summed E-state index contributed by atoms with van der Waals surface area (Å²) >= 11 is 3.44. The Bertz CT molecular complexity index is 998. The highest BCUT2D eigenvalue weighted by atomic mass is 79.9. The second-order valence-corrected chi connectivity index (χ2v) is 8.03. The standard InChI is InChI=1S/C23H22BrFN2O3/c24-20-3-1-2-4-21(20)29-16-19-9-10-22(30-19)23(28)27-13-11-26(12-14-27)15-17-5-7-18(25)8-6-17/h1-10H,11-16H2. The van der Waals surface area contributed by atoms with Gasteiger partial charge in [-0.05, 0) is 57.9 Å². The number of ether oxygens (including phenoxy) is 1. The maximum absolute atomic E-state index is 13.0. The topological polar surface area (TPSA) is 45.9 Å². The molecule has 1 aliphatic rings. The van der Waals surface area contributed by atoms with Crippen LogP contribution in [0, 0.1) is 5.82 Å². The zero-order chi connectivity index (χ0) is 20.9. The first kappa shape index (κ1) is 20.6. The van der Waals surface area contributed by atoms with E-state index in [1.807, 2.05) is 24.3 Å². The number of carbonyl (C=O) groups excluding carboxylic acids is 1. The van der Waals surface area contributed by atoms with Crippen molar-refractivity contribution in [1.29, 1.82) is 0 Å². The predicted molar refractivity (Wildman–Crippen MR) is 115 cm³/mol. The summed E-state index contributed by atoms with van der Waals surface area (Å²) in [5, 5.41) is 0. The van der Waals surface area contributed by atoms with Crippen molar-refractivity contribution in [2.45, 2.75) is 13.2 Å². The quantitative estimate of drug-likeness (QED) is 0.520. The summed E-state index contributed by atoms with van der Waals surface area (Å²) in [6.07, 6.45) is 0. The molecule has 1 amide bonds. The van der Waals surface area contributed by atoms with Crippen molar-refractivity contribution in [3.63, 3.8) is 0 Å². The molecule has 7 heteroatoms. The summed E-state index contributed by atoms with van der Waals surface area (Å²) in [7, 11) is 0. The number of benzene rings is 2. The van der Waals surface area contributed by atoms with Gasteiger partial charge in [0.15, 0.2) is 5.76 Å². The highest BCUT2D eigenvalue weighted by molar-refractivity contribution is 9.10. The van der Waals surface area contributed by atoms with Crippen molar-refractivity contribution in [2.24, 2.45) is 0 Å². The first-order valence-electron chi connectivity index (χ1n) is 9.80. The number of piperazine rings is 1. The summed E-state index contributed by atoms with van der Waals surface area (Å²) in [6, 6.07) is 17.6. The third-order valence-electron chi connectivity index (χ3n) is 5.06. The summed E-state index contributed by atoms with van der Waals surface area (Å²) in [5.74, 6) is 1.31. The molecule has 0 bridgehead atoms. The first-order chi connectivity index (χ1) is 14.6. The molecule has 4 rings (SSSR count). The number of hydrogen-bond donors (Lipinski definition) is 0. The van der Waals surface area contributed by atoms with Gasteiger partial charge in [0.2, 0.25) is 0 Å². The first-order valence-corrected chi connectivity index (χ1v) is 10.6. The molecule has 0 unspecified atom stereocenters. The van der Waals surface area contributed by atoms with Crippen molar-refractivity contribution >= 4 is 21.8 Å². The Morgan fingerprint density at radius 3 is 2.47 bits per heavy atom. The molecular weight excluding hydrogens is 451 g/mol. The van der Waals surface area contributed by atoms with Crippen molar-refractivity contribution in [3.05, 3.63) is 88.0 Å². The van der Waals surface area contributed by atoms with Gasteiger partial charge in [-0.3, -0.25) is 9.69 Å². The minimum Gasteiger partial charge on any atom is -0.484 e. The van der Waals surface area contributed by atoms with Crippen LogP contribution in [0.15, 0.2) is 69.6 Å². The fourth-order valence-electron chi connectivity index (χ4n) is 3.39. The molecule has 30 heavy (non-hydrogen) atoms. The fourth-order valence-corrected chi connectivity index (χ4v) is 3.79. The van der Waals surface area contributed by atoms with E-state index in [9.17, 15) is 9.18 Å². The zero-order valence-electron chi connectivity index (χ0n) is 16.4. The number of carbonyl (C=O) groups is 1. The SMILES string of the molecule is O=C(c1ccc(COc2ccccc2Br)o1)N1CCN(Cc2ccc(F)cc2)CC1. The average Bonchev–Trinajstić information content (AvgIpc) is 3.24. The van der Waals surface area contributed by atoms with Gasteiger partial charge in [0.25, 0.3) is 5.91 Å². The van der Waals surface area contributed by atoms with Crippen LogP contribution in [0.1, 0.15) is 21.9 Å². The van der Waals surface area contributed by atoms with E-state index < -0.39 is 0 Å². The second-order valence-electron chi connectivity index (χ2n) is 7.18. The van der Waals surface area contributed by atoms with Gasteiger partial charge >= 0.3 is 0 Å². The van der Waals surface area contributed by atoms with E-state index in [0.717, 1.165) is 35.4 Å². The van der Waals surface area contributed by atoms with Crippen molar-refractivity contribution < 1.29 is 18.3 Å². The van der Waals surface area contributed by atoms with E-state index in [4.69, 9.17) is 9.15 Å². The van der Waals surface area contributed by atoms with Crippen LogP contribution in [0.3, 0.4) is 0 Å². The van der Waals surface area contributed by atoms with Gasteiger partial charge in [-0.15, -0.1) is 0 Å². The van der Waals surface area contributed by atoms with Gasteiger partial charge in [-0.2, -0.15) is 0 Å². The third kappa shape index (κ3) is 5.09. The Balaban J connectivity index is 1.28. The molecule has 0 aliphatic carbocycles. The smallest absolute Gasteiger partial charge is 0.289 e. The minimum atomic E-state index is -0.228. The summed E-state index contributed by atoms with van der Waals surface area (Å²) in [6.45, 7) is 3.79. The highest BCUT2D eigenvalue weighted by Crippen LogP contribution is 2.25. The highest BCUT2D eigenvalue weighted by Gasteiger charge is 2.24. The van der Waals surface area contributed by atoms with Gasteiger partial charge < -0.3 is 14.1 Å². The third-order valence-corrected chi connectivity index (χ3v) is 5.71. The van der Waals surface area contributed by atoms with Crippen LogP contribution in [0.2, 0.25) is 0 Å². The molecule has 1 saturated heterocycles. The minimum absolute atomic E-state index is 0.108. The normalized spacial score (nSPS) is 14.7. The fraction of sp³-hybridized carbons (Fsp3) is 0.261. The molecule has 0 saturated carbocycles. The molecule has 1 aromatic heterocycles. The molecule has 0 spiro atoms. The van der Waals surface area contributed by atoms with Gasteiger partial charge in [0, 0.05) is 32.7 Å². The molecule has 0 radical (unpaired) electrons. The Hall–Kier alpha value is -2.64.